The van der Waals surface area contributed by atoms with E-state index in [1.54, 1.807) is 24.3 Å². The molecule has 3 rings (SSSR count). The molecule has 0 spiro atoms. The van der Waals surface area contributed by atoms with Crippen molar-refractivity contribution in [3.63, 3.8) is 0 Å². The SMILES string of the molecule is C[C@@H]1C[C@H]1C(=O)OCc1nnc(-c2ccc(Cl)cc2)o1. The van der Waals surface area contributed by atoms with E-state index in [1.807, 2.05) is 6.92 Å². The third kappa shape index (κ3) is 2.82. The Morgan fingerprint density at radius 2 is 2.10 bits per heavy atom. The van der Waals surface area contributed by atoms with Gasteiger partial charge in [-0.25, -0.2) is 0 Å². The first-order chi connectivity index (χ1) is 9.63. The van der Waals surface area contributed by atoms with Crippen LogP contribution in [0, 0.1) is 11.8 Å². The Kier molecular flexibility index (Phi) is 3.44. The van der Waals surface area contributed by atoms with Crippen LogP contribution in [0.15, 0.2) is 28.7 Å². The molecule has 0 bridgehead atoms. The molecule has 1 aromatic carbocycles. The van der Waals surface area contributed by atoms with Crippen molar-refractivity contribution in [1.29, 1.82) is 0 Å². The normalized spacial score (nSPS) is 20.7. The second-order valence-electron chi connectivity index (χ2n) is 4.94. The van der Waals surface area contributed by atoms with Gasteiger partial charge >= 0.3 is 5.97 Å². The molecule has 5 nitrogen and oxygen atoms in total. The summed E-state index contributed by atoms with van der Waals surface area (Å²) < 4.78 is 10.6. The summed E-state index contributed by atoms with van der Waals surface area (Å²) in [5.74, 6) is 0.941. The molecule has 2 aromatic rings. The summed E-state index contributed by atoms with van der Waals surface area (Å²) in [7, 11) is 0. The maximum absolute atomic E-state index is 11.6. The summed E-state index contributed by atoms with van der Waals surface area (Å²) in [6.07, 6.45) is 0.901. The number of esters is 1. The van der Waals surface area contributed by atoms with Crippen molar-refractivity contribution >= 4 is 17.6 Å². The third-order valence-electron chi connectivity index (χ3n) is 3.31. The highest BCUT2D eigenvalue weighted by molar-refractivity contribution is 6.30. The van der Waals surface area contributed by atoms with Gasteiger partial charge in [0.05, 0.1) is 5.92 Å². The summed E-state index contributed by atoms with van der Waals surface area (Å²) in [5, 5.41) is 8.42. The van der Waals surface area contributed by atoms with Gasteiger partial charge in [0.1, 0.15) is 0 Å². The molecule has 0 unspecified atom stereocenters. The van der Waals surface area contributed by atoms with Gasteiger partial charge < -0.3 is 9.15 Å². The Hall–Kier alpha value is -1.88. The highest BCUT2D eigenvalue weighted by Gasteiger charge is 2.40. The number of halogens is 1. The van der Waals surface area contributed by atoms with E-state index >= 15 is 0 Å². The molecule has 104 valence electrons. The van der Waals surface area contributed by atoms with Crippen LogP contribution >= 0.6 is 11.6 Å². The van der Waals surface area contributed by atoms with E-state index in [9.17, 15) is 4.79 Å². The fourth-order valence-corrected chi connectivity index (χ4v) is 2.04. The Morgan fingerprint density at radius 3 is 2.75 bits per heavy atom. The smallest absolute Gasteiger partial charge is 0.309 e. The zero-order valence-electron chi connectivity index (χ0n) is 10.9. The largest absolute Gasteiger partial charge is 0.455 e. The lowest BCUT2D eigenvalue weighted by Crippen LogP contribution is -2.07. The standard InChI is InChI=1S/C14H13ClN2O3/c1-8-6-11(8)14(18)19-7-12-16-17-13(20-12)9-2-4-10(15)5-3-9/h2-5,8,11H,6-7H2,1H3/t8-,11-/m1/s1. The zero-order chi connectivity index (χ0) is 14.1. The minimum atomic E-state index is -0.191. The molecule has 0 radical (unpaired) electrons. The van der Waals surface area contributed by atoms with Crippen molar-refractivity contribution in [2.75, 3.05) is 0 Å². The summed E-state index contributed by atoms with van der Waals surface area (Å²) >= 11 is 5.81. The van der Waals surface area contributed by atoms with Crippen molar-refractivity contribution in [3.8, 4) is 11.5 Å². The van der Waals surface area contributed by atoms with E-state index in [1.165, 1.54) is 0 Å². The molecule has 2 atom stereocenters. The van der Waals surface area contributed by atoms with Gasteiger partial charge in [0, 0.05) is 10.6 Å². The first-order valence-electron chi connectivity index (χ1n) is 6.38. The molecule has 1 aliphatic carbocycles. The van der Waals surface area contributed by atoms with Crippen LogP contribution < -0.4 is 0 Å². The maximum atomic E-state index is 11.6. The van der Waals surface area contributed by atoms with Gasteiger partial charge in [0.25, 0.3) is 5.89 Å². The minimum Gasteiger partial charge on any atom is -0.455 e. The third-order valence-corrected chi connectivity index (χ3v) is 3.56. The Bertz CT molecular complexity index is 624. The number of nitrogens with zero attached hydrogens (tertiary/aromatic N) is 2. The molecule has 1 aliphatic rings. The van der Waals surface area contributed by atoms with E-state index in [-0.39, 0.29) is 24.4 Å². The second-order valence-corrected chi connectivity index (χ2v) is 5.37. The van der Waals surface area contributed by atoms with Crippen LogP contribution in [0.25, 0.3) is 11.5 Å². The average Bonchev–Trinajstić information content (AvgIpc) is 3.00. The lowest BCUT2D eigenvalue weighted by atomic mass is 10.2. The number of carbonyl (C=O) groups excluding carboxylic acids is 1. The molecule has 0 amide bonds. The average molecular weight is 293 g/mol. The maximum Gasteiger partial charge on any atom is 0.309 e. The van der Waals surface area contributed by atoms with E-state index in [0.29, 0.717) is 16.8 Å². The minimum absolute atomic E-state index is 0.0165. The predicted octanol–water partition coefficient (Wildman–Crippen LogP) is 3.09. The van der Waals surface area contributed by atoms with Crippen molar-refractivity contribution in [3.05, 3.63) is 35.2 Å². The van der Waals surface area contributed by atoms with E-state index in [2.05, 4.69) is 10.2 Å². The monoisotopic (exact) mass is 292 g/mol. The number of carbonyl (C=O) groups is 1. The van der Waals surface area contributed by atoms with Crippen LogP contribution in [0.4, 0.5) is 0 Å². The molecule has 0 N–H and O–H groups in total. The van der Waals surface area contributed by atoms with Crippen LogP contribution in [0.5, 0.6) is 0 Å². The van der Waals surface area contributed by atoms with Crippen LogP contribution in [0.1, 0.15) is 19.2 Å². The number of hydrogen-bond acceptors (Lipinski definition) is 5. The van der Waals surface area contributed by atoms with Crippen molar-refractivity contribution < 1.29 is 13.9 Å². The quantitative estimate of drug-likeness (QED) is 0.810. The van der Waals surface area contributed by atoms with Gasteiger partial charge in [0.15, 0.2) is 6.61 Å². The highest BCUT2D eigenvalue weighted by Crippen LogP contribution is 2.38. The molecule has 20 heavy (non-hydrogen) atoms. The van der Waals surface area contributed by atoms with Crippen LogP contribution in [0.3, 0.4) is 0 Å². The number of benzene rings is 1. The summed E-state index contributed by atoms with van der Waals surface area (Å²) in [6.45, 7) is 2.04. The topological polar surface area (TPSA) is 65.2 Å². The second kappa shape index (κ2) is 5.25. The first-order valence-corrected chi connectivity index (χ1v) is 6.76. The molecule has 1 fully saturated rings. The van der Waals surface area contributed by atoms with E-state index in [0.717, 1.165) is 12.0 Å². The summed E-state index contributed by atoms with van der Waals surface area (Å²) in [5.41, 5.74) is 0.773. The van der Waals surface area contributed by atoms with Crippen LogP contribution in [-0.4, -0.2) is 16.2 Å². The Morgan fingerprint density at radius 1 is 1.40 bits per heavy atom. The fourth-order valence-electron chi connectivity index (χ4n) is 1.91. The van der Waals surface area contributed by atoms with Gasteiger partial charge in [-0.15, -0.1) is 10.2 Å². The highest BCUT2D eigenvalue weighted by atomic mass is 35.5. The van der Waals surface area contributed by atoms with Gasteiger partial charge in [0.2, 0.25) is 5.89 Å². The van der Waals surface area contributed by atoms with Crippen LogP contribution in [0.2, 0.25) is 5.02 Å². The lowest BCUT2D eigenvalue weighted by molar-refractivity contribution is -0.147. The molecular formula is C14H13ClN2O3. The van der Waals surface area contributed by atoms with Gasteiger partial charge in [-0.2, -0.15) is 0 Å². The molecule has 0 saturated heterocycles. The van der Waals surface area contributed by atoms with Gasteiger partial charge in [-0.05, 0) is 36.6 Å². The van der Waals surface area contributed by atoms with Crippen molar-refractivity contribution in [1.82, 2.24) is 10.2 Å². The Balaban J connectivity index is 1.62. The summed E-state index contributed by atoms with van der Waals surface area (Å²) in [4.78, 5) is 11.6. The van der Waals surface area contributed by atoms with E-state index in [4.69, 9.17) is 20.8 Å². The first kappa shape index (κ1) is 13.1. The summed E-state index contributed by atoms with van der Waals surface area (Å²) in [6, 6.07) is 7.07. The zero-order valence-corrected chi connectivity index (χ0v) is 11.6. The molecule has 1 saturated carbocycles. The molecule has 1 aromatic heterocycles. The lowest BCUT2D eigenvalue weighted by Gasteiger charge is -1.99. The molecular weight excluding hydrogens is 280 g/mol. The number of rotatable bonds is 4. The predicted molar refractivity (Wildman–Crippen MR) is 71.8 cm³/mol. The fraction of sp³-hybridized carbons (Fsp3) is 0.357. The number of aromatic nitrogens is 2. The molecule has 0 aliphatic heterocycles. The van der Waals surface area contributed by atoms with Crippen molar-refractivity contribution in [2.45, 2.75) is 20.0 Å². The molecule has 1 heterocycles. The molecule has 6 heteroatoms. The van der Waals surface area contributed by atoms with Gasteiger partial charge in [-0.1, -0.05) is 18.5 Å². The Labute approximate surface area is 120 Å². The van der Waals surface area contributed by atoms with Crippen LogP contribution in [-0.2, 0) is 16.1 Å². The van der Waals surface area contributed by atoms with E-state index < -0.39 is 0 Å². The van der Waals surface area contributed by atoms with Crippen molar-refractivity contribution in [2.24, 2.45) is 11.8 Å². The number of hydrogen-bond donors (Lipinski definition) is 0. The van der Waals surface area contributed by atoms with Gasteiger partial charge in [-0.3, -0.25) is 4.79 Å². The number of ether oxygens (including phenoxy) is 1.